The Morgan fingerprint density at radius 2 is 2.38 bits per heavy atom. The fraction of sp³-hybridized carbons (Fsp3) is 0.600. The number of anilines is 1. The number of pyridine rings is 1. The van der Waals surface area contributed by atoms with Crippen LogP contribution in [0.1, 0.15) is 25.3 Å². The average Bonchev–Trinajstić information content (AvgIpc) is 3.30. The van der Waals surface area contributed by atoms with E-state index in [1.165, 1.54) is 12.8 Å². The summed E-state index contributed by atoms with van der Waals surface area (Å²) in [5, 5.41) is 3.18. The molecule has 3 N–H and O–H groups in total. The van der Waals surface area contributed by atoms with Crippen LogP contribution in [-0.4, -0.2) is 42.8 Å². The molecule has 1 saturated carbocycles. The summed E-state index contributed by atoms with van der Waals surface area (Å²) in [6, 6.07) is 4.65. The number of hydrogen-bond acceptors (Lipinski definition) is 4. The Hall–Kier alpha value is -1.82. The Labute approximate surface area is 125 Å². The first kappa shape index (κ1) is 14.1. The number of nitrogens with one attached hydrogen (secondary N) is 1. The Balaban J connectivity index is 1.55. The lowest BCUT2D eigenvalue weighted by molar-refractivity contribution is 0.0529. The van der Waals surface area contributed by atoms with Crippen LogP contribution < -0.4 is 16.0 Å². The summed E-state index contributed by atoms with van der Waals surface area (Å²) in [5.41, 5.74) is 6.89. The molecule has 1 atom stereocenters. The van der Waals surface area contributed by atoms with Crippen molar-refractivity contribution in [1.29, 1.82) is 0 Å². The van der Waals surface area contributed by atoms with Gasteiger partial charge in [0, 0.05) is 25.3 Å². The van der Waals surface area contributed by atoms with E-state index in [1.54, 1.807) is 0 Å². The molecule has 0 amide bonds. The molecule has 0 radical (unpaired) electrons. The van der Waals surface area contributed by atoms with Crippen LogP contribution >= 0.6 is 0 Å². The van der Waals surface area contributed by atoms with Gasteiger partial charge in [-0.25, -0.2) is 9.98 Å². The second kappa shape index (κ2) is 6.30. The zero-order chi connectivity index (χ0) is 14.7. The molecule has 0 bridgehead atoms. The minimum absolute atomic E-state index is 0.262. The molecule has 2 fully saturated rings. The van der Waals surface area contributed by atoms with Crippen molar-refractivity contribution in [3.8, 4) is 0 Å². The van der Waals surface area contributed by atoms with Gasteiger partial charge in [-0.3, -0.25) is 0 Å². The van der Waals surface area contributed by atoms with E-state index in [9.17, 15) is 0 Å². The van der Waals surface area contributed by atoms with Crippen LogP contribution in [0.2, 0.25) is 0 Å². The van der Waals surface area contributed by atoms with Gasteiger partial charge in [-0.05, 0) is 31.4 Å². The van der Waals surface area contributed by atoms with Gasteiger partial charge in [0.25, 0.3) is 0 Å². The van der Waals surface area contributed by atoms with E-state index in [1.807, 2.05) is 12.3 Å². The normalized spacial score (nSPS) is 23.2. The van der Waals surface area contributed by atoms with Crippen molar-refractivity contribution < 1.29 is 4.74 Å². The minimum atomic E-state index is 0.262. The molecule has 2 heterocycles. The molecule has 1 aliphatic carbocycles. The van der Waals surface area contributed by atoms with E-state index in [0.717, 1.165) is 31.1 Å². The first-order chi connectivity index (χ1) is 10.2. The number of aromatic nitrogens is 1. The average molecular weight is 289 g/mol. The Kier molecular flexibility index (Phi) is 4.24. The van der Waals surface area contributed by atoms with E-state index in [4.69, 9.17) is 10.5 Å². The van der Waals surface area contributed by atoms with Gasteiger partial charge in [0.05, 0.1) is 19.3 Å². The highest BCUT2D eigenvalue weighted by Crippen LogP contribution is 2.18. The summed E-state index contributed by atoms with van der Waals surface area (Å²) in [6.45, 7) is 5.21. The number of rotatable bonds is 4. The van der Waals surface area contributed by atoms with Gasteiger partial charge in [0.1, 0.15) is 5.82 Å². The van der Waals surface area contributed by atoms with E-state index in [-0.39, 0.29) is 6.10 Å². The number of ether oxygens (including phenoxy) is 1. The lowest BCUT2D eigenvalue weighted by Crippen LogP contribution is -2.41. The summed E-state index contributed by atoms with van der Waals surface area (Å²) in [4.78, 5) is 11.1. The van der Waals surface area contributed by atoms with Gasteiger partial charge < -0.3 is 20.7 Å². The maximum absolute atomic E-state index is 5.82. The molecular weight excluding hydrogens is 266 g/mol. The van der Waals surface area contributed by atoms with Crippen molar-refractivity contribution >= 4 is 11.8 Å². The van der Waals surface area contributed by atoms with Crippen LogP contribution in [0.4, 0.5) is 5.82 Å². The number of nitrogens with zero attached hydrogens (tertiary/aromatic N) is 3. The van der Waals surface area contributed by atoms with E-state index >= 15 is 0 Å². The zero-order valence-corrected chi connectivity index (χ0v) is 12.5. The van der Waals surface area contributed by atoms with Crippen LogP contribution in [0, 0.1) is 0 Å². The molecule has 1 aromatic rings. The van der Waals surface area contributed by atoms with Crippen LogP contribution in [0.5, 0.6) is 0 Å². The molecule has 1 unspecified atom stereocenters. The van der Waals surface area contributed by atoms with Gasteiger partial charge in [-0.2, -0.15) is 0 Å². The highest BCUT2D eigenvalue weighted by molar-refractivity contribution is 5.78. The molecule has 1 aromatic heterocycles. The smallest absolute Gasteiger partial charge is 0.189 e. The molecule has 6 nitrogen and oxygen atoms in total. The number of aliphatic imine (C=N–C) groups is 1. The number of guanidine groups is 1. The molecule has 1 aliphatic heterocycles. The van der Waals surface area contributed by atoms with Crippen LogP contribution in [0.3, 0.4) is 0 Å². The second-order valence-corrected chi connectivity index (χ2v) is 5.77. The standard InChI is InChI=1S/C15H23N5O/c1-11-10-20(6-7-21-11)14-5-2-12(8-17-14)9-18-15(16)19-13-3-4-13/h2,5,8,11,13H,3-4,6-7,9-10H2,1H3,(H3,16,18,19). The summed E-state index contributed by atoms with van der Waals surface area (Å²) >= 11 is 0. The first-order valence-electron chi connectivity index (χ1n) is 7.58. The number of morpholine rings is 1. The van der Waals surface area contributed by atoms with Crippen molar-refractivity contribution in [1.82, 2.24) is 10.3 Å². The third-order valence-corrected chi connectivity index (χ3v) is 3.74. The summed E-state index contributed by atoms with van der Waals surface area (Å²) in [6.07, 6.45) is 4.54. The van der Waals surface area contributed by atoms with E-state index in [2.05, 4.69) is 33.2 Å². The quantitative estimate of drug-likeness (QED) is 0.635. The lowest BCUT2D eigenvalue weighted by atomic mass is 10.2. The maximum atomic E-state index is 5.82. The molecule has 21 heavy (non-hydrogen) atoms. The van der Waals surface area contributed by atoms with Gasteiger partial charge in [0.2, 0.25) is 0 Å². The van der Waals surface area contributed by atoms with Crippen molar-refractivity contribution in [3.63, 3.8) is 0 Å². The monoisotopic (exact) mass is 289 g/mol. The molecule has 0 aromatic carbocycles. The zero-order valence-electron chi connectivity index (χ0n) is 12.5. The van der Waals surface area contributed by atoms with Gasteiger partial charge >= 0.3 is 0 Å². The molecular formula is C15H23N5O. The highest BCUT2D eigenvalue weighted by atomic mass is 16.5. The Morgan fingerprint density at radius 3 is 3.05 bits per heavy atom. The van der Waals surface area contributed by atoms with Crippen molar-refractivity contribution in [2.75, 3.05) is 24.6 Å². The van der Waals surface area contributed by atoms with Crippen LogP contribution in [0.15, 0.2) is 23.3 Å². The summed E-state index contributed by atoms with van der Waals surface area (Å²) < 4.78 is 5.55. The molecule has 3 rings (SSSR count). The van der Waals surface area contributed by atoms with Gasteiger partial charge in [-0.1, -0.05) is 6.07 Å². The van der Waals surface area contributed by atoms with Crippen molar-refractivity contribution in [2.24, 2.45) is 10.7 Å². The topological polar surface area (TPSA) is 75.8 Å². The molecule has 114 valence electrons. The third-order valence-electron chi connectivity index (χ3n) is 3.74. The molecule has 6 heteroatoms. The minimum Gasteiger partial charge on any atom is -0.375 e. The SMILES string of the molecule is CC1CN(c2ccc(CN=C(N)NC3CC3)cn2)CCO1. The predicted octanol–water partition coefficient (Wildman–Crippen LogP) is 0.873. The molecule has 0 spiro atoms. The first-order valence-corrected chi connectivity index (χ1v) is 7.58. The third kappa shape index (κ3) is 4.07. The maximum Gasteiger partial charge on any atom is 0.189 e. The van der Waals surface area contributed by atoms with Crippen LogP contribution in [-0.2, 0) is 11.3 Å². The Morgan fingerprint density at radius 1 is 1.52 bits per heavy atom. The molecule has 2 aliphatic rings. The molecule has 1 saturated heterocycles. The summed E-state index contributed by atoms with van der Waals surface area (Å²) in [5.74, 6) is 1.53. The van der Waals surface area contributed by atoms with Gasteiger partial charge in [0.15, 0.2) is 5.96 Å². The second-order valence-electron chi connectivity index (χ2n) is 5.77. The number of hydrogen-bond donors (Lipinski definition) is 2. The fourth-order valence-corrected chi connectivity index (χ4v) is 2.38. The van der Waals surface area contributed by atoms with E-state index < -0.39 is 0 Å². The van der Waals surface area contributed by atoms with E-state index in [0.29, 0.717) is 18.5 Å². The summed E-state index contributed by atoms with van der Waals surface area (Å²) in [7, 11) is 0. The van der Waals surface area contributed by atoms with Crippen molar-refractivity contribution in [2.45, 2.75) is 38.5 Å². The lowest BCUT2D eigenvalue weighted by Gasteiger charge is -2.32. The number of nitrogens with two attached hydrogens (primary N) is 1. The van der Waals surface area contributed by atoms with Gasteiger partial charge in [-0.15, -0.1) is 0 Å². The van der Waals surface area contributed by atoms with Crippen LogP contribution in [0.25, 0.3) is 0 Å². The fourth-order valence-electron chi connectivity index (χ4n) is 2.38. The van der Waals surface area contributed by atoms with Crippen molar-refractivity contribution in [3.05, 3.63) is 23.9 Å². The highest BCUT2D eigenvalue weighted by Gasteiger charge is 2.21. The Bertz CT molecular complexity index is 497. The largest absolute Gasteiger partial charge is 0.375 e. The predicted molar refractivity (Wildman–Crippen MR) is 83.3 cm³/mol.